The van der Waals surface area contributed by atoms with Crippen LogP contribution < -0.4 is 15.9 Å². The van der Waals surface area contributed by atoms with E-state index < -0.39 is 7.92 Å². The third kappa shape index (κ3) is 4.18. The molecule has 37 heavy (non-hydrogen) atoms. The molecule has 0 heterocycles. The number of fused-ring (bicyclic) bond motifs is 3. The largest absolute Gasteiger partial charge is 0.0841 e. The van der Waals surface area contributed by atoms with Gasteiger partial charge in [0.1, 0.15) is 0 Å². The van der Waals surface area contributed by atoms with E-state index in [4.69, 9.17) is 0 Å². The van der Waals surface area contributed by atoms with Gasteiger partial charge in [0.25, 0.3) is 0 Å². The van der Waals surface area contributed by atoms with Crippen LogP contribution in [0.5, 0.6) is 0 Å². The van der Waals surface area contributed by atoms with Gasteiger partial charge in [0.15, 0.2) is 0 Å². The number of hydrogen-bond donors (Lipinski definition) is 0. The highest BCUT2D eigenvalue weighted by molar-refractivity contribution is 7.80. The Morgan fingerprint density at radius 2 is 0.973 bits per heavy atom. The minimum atomic E-state index is -0.744. The highest BCUT2D eigenvalue weighted by Crippen LogP contribution is 2.45. The van der Waals surface area contributed by atoms with Gasteiger partial charge in [0, 0.05) is 0 Å². The van der Waals surface area contributed by atoms with Crippen LogP contribution in [0.25, 0.3) is 38.2 Å². The molecule has 1 heteroatoms. The molecule has 178 valence electrons. The molecule has 0 radical (unpaired) electrons. The Bertz CT molecular complexity index is 1690. The van der Waals surface area contributed by atoms with Gasteiger partial charge in [-0.2, -0.15) is 0 Å². The first-order valence-corrected chi connectivity index (χ1v) is 14.2. The summed E-state index contributed by atoms with van der Waals surface area (Å²) in [6.07, 6.45) is 2.25. The summed E-state index contributed by atoms with van der Waals surface area (Å²) in [5.74, 6) is 0. The average molecular weight is 493 g/mol. The lowest BCUT2D eigenvalue weighted by Crippen LogP contribution is -2.22. The maximum Gasteiger partial charge on any atom is -0.00172 e. The van der Waals surface area contributed by atoms with Crippen LogP contribution in [-0.2, 0) is 0 Å². The van der Waals surface area contributed by atoms with Crippen LogP contribution in [-0.4, -0.2) is 0 Å². The fourth-order valence-corrected chi connectivity index (χ4v) is 7.89. The maximum absolute atomic E-state index is 2.35. The molecule has 0 fully saturated rings. The Balaban J connectivity index is 1.76. The highest BCUT2D eigenvalue weighted by Gasteiger charge is 2.24. The van der Waals surface area contributed by atoms with Crippen molar-refractivity contribution in [2.45, 2.75) is 13.8 Å². The molecule has 0 atom stereocenters. The average Bonchev–Trinajstić information content (AvgIpc) is 2.98. The summed E-state index contributed by atoms with van der Waals surface area (Å²) in [5.41, 5.74) is 5.29. The van der Waals surface area contributed by atoms with Crippen molar-refractivity contribution in [1.82, 2.24) is 0 Å². The van der Waals surface area contributed by atoms with Gasteiger partial charge < -0.3 is 0 Å². The van der Waals surface area contributed by atoms with Crippen molar-refractivity contribution in [2.24, 2.45) is 0 Å². The first-order chi connectivity index (χ1) is 18.3. The Kier molecular flexibility index (Phi) is 6.44. The molecule has 0 amide bonds. The van der Waals surface area contributed by atoms with Gasteiger partial charge in [0.05, 0.1) is 0 Å². The lowest BCUT2D eigenvalue weighted by Gasteiger charge is -2.25. The van der Waals surface area contributed by atoms with E-state index in [9.17, 15) is 0 Å². The number of benzene rings is 6. The van der Waals surface area contributed by atoms with Gasteiger partial charge in [-0.05, 0) is 81.5 Å². The zero-order valence-corrected chi connectivity index (χ0v) is 22.1. The summed E-state index contributed by atoms with van der Waals surface area (Å²) < 4.78 is 0. The summed E-state index contributed by atoms with van der Waals surface area (Å²) >= 11 is 0. The molecule has 6 aromatic carbocycles. The molecule has 0 N–H and O–H groups in total. The first-order valence-electron chi connectivity index (χ1n) is 12.8. The molecule has 0 unspecified atom stereocenters. The fraction of sp³-hybridized carbons (Fsp3) is 0.0556. The summed E-state index contributed by atoms with van der Waals surface area (Å²) in [6.45, 7) is 4.40. The minimum Gasteiger partial charge on any atom is -0.0841 e. The van der Waals surface area contributed by atoms with Gasteiger partial charge in [-0.15, -0.1) is 0 Å². The van der Waals surface area contributed by atoms with E-state index in [1.165, 1.54) is 59.7 Å². The molecule has 0 spiro atoms. The molecule has 0 saturated carbocycles. The number of hydrogen-bond acceptors (Lipinski definition) is 0. The van der Waals surface area contributed by atoms with Crippen molar-refractivity contribution >= 4 is 51.0 Å². The van der Waals surface area contributed by atoms with Gasteiger partial charge in [-0.25, -0.2) is 0 Å². The van der Waals surface area contributed by atoms with Crippen LogP contribution in [0.2, 0.25) is 0 Å². The molecule has 0 nitrogen and oxygen atoms in total. The van der Waals surface area contributed by atoms with Gasteiger partial charge in [0.2, 0.25) is 0 Å². The second kappa shape index (κ2) is 10.2. The first kappa shape index (κ1) is 23.4. The van der Waals surface area contributed by atoms with E-state index in [1.807, 2.05) is 0 Å². The standard InChI is InChI=1S/C36H29P/c1-3-26(2)35-31-22-12-10-20-29(31)30-21-11-13-23-32(30)36(35)33-24-14-15-25-34(33)37(27-16-6-4-7-17-27)28-18-8-5-9-19-28/h3-25H,1-2H3/b26-3+. The third-order valence-electron chi connectivity index (χ3n) is 7.20. The fourth-order valence-electron chi connectivity index (χ4n) is 5.44. The second-order valence-corrected chi connectivity index (χ2v) is 11.5. The summed E-state index contributed by atoms with van der Waals surface area (Å²) in [4.78, 5) is 0. The van der Waals surface area contributed by atoms with Crippen molar-refractivity contribution in [3.05, 3.63) is 145 Å². The van der Waals surface area contributed by atoms with E-state index in [1.54, 1.807) is 0 Å². The molecule has 0 saturated heterocycles. The van der Waals surface area contributed by atoms with Crippen LogP contribution in [0.4, 0.5) is 0 Å². The van der Waals surface area contributed by atoms with E-state index in [2.05, 4.69) is 153 Å². The van der Waals surface area contributed by atoms with Crippen molar-refractivity contribution in [3.63, 3.8) is 0 Å². The van der Waals surface area contributed by atoms with Crippen LogP contribution in [0, 0.1) is 0 Å². The third-order valence-corrected chi connectivity index (χ3v) is 9.70. The molecule has 0 bridgehead atoms. The van der Waals surface area contributed by atoms with Crippen molar-refractivity contribution < 1.29 is 0 Å². The molecule has 0 aromatic heterocycles. The summed E-state index contributed by atoms with van der Waals surface area (Å²) in [5, 5.41) is 9.35. The lowest BCUT2D eigenvalue weighted by molar-refractivity contribution is 1.58. The quantitative estimate of drug-likeness (QED) is 0.167. The van der Waals surface area contributed by atoms with Crippen LogP contribution in [0.3, 0.4) is 0 Å². The van der Waals surface area contributed by atoms with Crippen molar-refractivity contribution in [3.8, 4) is 11.1 Å². The predicted molar refractivity (Wildman–Crippen MR) is 165 cm³/mol. The van der Waals surface area contributed by atoms with E-state index in [0.29, 0.717) is 0 Å². The minimum absolute atomic E-state index is 0.744. The highest BCUT2D eigenvalue weighted by atomic mass is 31.1. The number of rotatable bonds is 5. The second-order valence-electron chi connectivity index (χ2n) is 9.34. The topological polar surface area (TPSA) is 0 Å². The van der Waals surface area contributed by atoms with E-state index in [-0.39, 0.29) is 0 Å². The van der Waals surface area contributed by atoms with Gasteiger partial charge in [-0.1, -0.05) is 140 Å². The zero-order valence-electron chi connectivity index (χ0n) is 21.2. The lowest BCUT2D eigenvalue weighted by atomic mass is 9.85. The van der Waals surface area contributed by atoms with E-state index in [0.717, 1.165) is 0 Å². The zero-order chi connectivity index (χ0) is 25.2. The van der Waals surface area contributed by atoms with Gasteiger partial charge >= 0.3 is 0 Å². The SMILES string of the molecule is C/C=C(\C)c1c(-c2ccccc2P(c2ccccc2)c2ccccc2)c2ccccc2c2ccccc12. The van der Waals surface area contributed by atoms with Crippen molar-refractivity contribution in [2.75, 3.05) is 0 Å². The molecule has 6 aromatic rings. The molecule has 0 aliphatic carbocycles. The molecule has 0 aliphatic rings. The molecular formula is C36H29P. The molecular weight excluding hydrogens is 463 g/mol. The molecule has 6 rings (SSSR count). The Morgan fingerprint density at radius 3 is 1.57 bits per heavy atom. The normalized spacial score (nSPS) is 11.9. The predicted octanol–water partition coefficient (Wildman–Crippen LogP) is 8.84. The molecule has 0 aliphatic heterocycles. The Labute approximate surface area is 220 Å². The smallest absolute Gasteiger partial charge is 0.00172 e. The summed E-state index contributed by atoms with van der Waals surface area (Å²) in [6, 6.07) is 48.9. The Morgan fingerprint density at radius 1 is 0.514 bits per heavy atom. The summed E-state index contributed by atoms with van der Waals surface area (Å²) in [7, 11) is -0.744. The monoisotopic (exact) mass is 492 g/mol. The Hall–Kier alpha value is -3.99. The number of allylic oxidation sites excluding steroid dienone is 2. The van der Waals surface area contributed by atoms with Crippen LogP contribution in [0.1, 0.15) is 19.4 Å². The van der Waals surface area contributed by atoms with E-state index >= 15 is 0 Å². The van der Waals surface area contributed by atoms with Gasteiger partial charge in [-0.3, -0.25) is 0 Å². The maximum atomic E-state index is 2.35. The van der Waals surface area contributed by atoms with Crippen molar-refractivity contribution in [1.29, 1.82) is 0 Å². The van der Waals surface area contributed by atoms with Crippen LogP contribution >= 0.6 is 7.92 Å². The van der Waals surface area contributed by atoms with Crippen LogP contribution in [0.15, 0.2) is 140 Å².